The van der Waals surface area contributed by atoms with E-state index in [-0.39, 0.29) is 17.3 Å². The second-order valence-corrected chi connectivity index (χ2v) is 6.85. The summed E-state index contributed by atoms with van der Waals surface area (Å²) in [6.07, 6.45) is -5.08. The molecule has 4 rings (SSSR count). The quantitative estimate of drug-likeness (QED) is 0.624. The van der Waals surface area contributed by atoms with Gasteiger partial charge in [-0.1, -0.05) is 30.3 Å². The number of anilines is 1. The number of amides is 1. The predicted octanol–water partition coefficient (Wildman–Crippen LogP) is 2.52. The van der Waals surface area contributed by atoms with Crippen LogP contribution < -0.4 is 10.5 Å². The van der Waals surface area contributed by atoms with Gasteiger partial charge < -0.3 is 19.9 Å². The number of nitrogens with zero attached hydrogens (tertiary/aromatic N) is 3. The number of hydrogen-bond donors (Lipinski definition) is 2. The largest absolute Gasteiger partial charge is 0.490 e. The summed E-state index contributed by atoms with van der Waals surface area (Å²) in [4.78, 5) is 44.7. The van der Waals surface area contributed by atoms with E-state index < -0.39 is 12.1 Å². The summed E-state index contributed by atoms with van der Waals surface area (Å²) in [7, 11) is 0. The molecule has 2 heterocycles. The van der Waals surface area contributed by atoms with Crippen molar-refractivity contribution in [1.29, 1.82) is 0 Å². The van der Waals surface area contributed by atoms with E-state index in [4.69, 9.17) is 9.90 Å². The Hall–Kier alpha value is -3.89. The number of halogens is 3. The molecule has 0 radical (unpaired) electrons. The number of aromatic nitrogens is 2. The molecule has 1 fully saturated rings. The number of para-hydroxylation sites is 2. The molecule has 0 saturated carbocycles. The summed E-state index contributed by atoms with van der Waals surface area (Å²) in [5.74, 6) is -2.88. The maximum atomic E-state index is 12.7. The van der Waals surface area contributed by atoms with Gasteiger partial charge in [0.1, 0.15) is 0 Å². The lowest BCUT2D eigenvalue weighted by atomic mass is 10.2. The Labute approximate surface area is 179 Å². The minimum atomic E-state index is -5.08. The molecule has 3 aromatic rings. The van der Waals surface area contributed by atoms with Crippen LogP contribution in [0.2, 0.25) is 0 Å². The Morgan fingerprint density at radius 3 is 2.09 bits per heavy atom. The molecular formula is C21H19F3N4O4. The fraction of sp³-hybridized carbons (Fsp3) is 0.238. The van der Waals surface area contributed by atoms with Crippen LogP contribution in [0.15, 0.2) is 59.4 Å². The first-order valence-electron chi connectivity index (χ1n) is 9.55. The second-order valence-electron chi connectivity index (χ2n) is 6.85. The van der Waals surface area contributed by atoms with E-state index in [0.29, 0.717) is 24.0 Å². The molecule has 0 atom stereocenters. The van der Waals surface area contributed by atoms with Gasteiger partial charge >= 0.3 is 12.1 Å². The minimum Gasteiger partial charge on any atom is -0.475 e. The van der Waals surface area contributed by atoms with E-state index in [1.54, 1.807) is 23.1 Å². The third-order valence-corrected chi connectivity index (χ3v) is 4.75. The number of H-pyrrole nitrogens is 1. The van der Waals surface area contributed by atoms with Gasteiger partial charge in [0.25, 0.3) is 11.5 Å². The van der Waals surface area contributed by atoms with Crippen LogP contribution in [0.3, 0.4) is 0 Å². The minimum absolute atomic E-state index is 0.108. The van der Waals surface area contributed by atoms with E-state index >= 15 is 0 Å². The first-order chi connectivity index (χ1) is 15.2. The summed E-state index contributed by atoms with van der Waals surface area (Å²) in [5, 5.41) is 7.62. The number of carboxylic acid groups (broad SMARTS) is 1. The number of fused-ring (bicyclic) bond motifs is 1. The molecule has 1 aliphatic rings. The molecule has 8 nitrogen and oxygen atoms in total. The SMILES string of the molecule is O=C(O)C(F)(F)F.O=C(c1nc2ccccc2c(=O)[nH]1)N1CCN(c2ccccc2)CC1. The topological polar surface area (TPSA) is 107 Å². The van der Waals surface area contributed by atoms with Crippen molar-refractivity contribution in [3.8, 4) is 0 Å². The van der Waals surface area contributed by atoms with Crippen LogP contribution in [0.25, 0.3) is 10.9 Å². The van der Waals surface area contributed by atoms with Crippen molar-refractivity contribution in [2.24, 2.45) is 0 Å². The van der Waals surface area contributed by atoms with Crippen molar-refractivity contribution in [3.63, 3.8) is 0 Å². The molecular weight excluding hydrogens is 429 g/mol. The number of nitrogens with one attached hydrogen (secondary N) is 1. The highest BCUT2D eigenvalue weighted by molar-refractivity contribution is 5.92. The zero-order chi connectivity index (χ0) is 23.3. The van der Waals surface area contributed by atoms with Crippen molar-refractivity contribution in [2.75, 3.05) is 31.1 Å². The molecule has 0 unspecified atom stereocenters. The molecule has 0 aliphatic carbocycles. The lowest BCUT2D eigenvalue weighted by Gasteiger charge is -2.35. The number of carbonyl (C=O) groups excluding carboxylic acids is 1. The molecule has 1 amide bonds. The molecule has 0 bridgehead atoms. The summed E-state index contributed by atoms with van der Waals surface area (Å²) in [6, 6.07) is 17.2. The average molecular weight is 448 g/mol. The summed E-state index contributed by atoms with van der Waals surface area (Å²) in [6.45, 7) is 2.72. The first-order valence-corrected chi connectivity index (χ1v) is 9.55. The average Bonchev–Trinajstić information content (AvgIpc) is 2.79. The Morgan fingerprint density at radius 1 is 0.938 bits per heavy atom. The maximum Gasteiger partial charge on any atom is 0.490 e. The highest BCUT2D eigenvalue weighted by atomic mass is 19.4. The first kappa shape index (κ1) is 22.8. The lowest BCUT2D eigenvalue weighted by molar-refractivity contribution is -0.192. The lowest BCUT2D eigenvalue weighted by Crippen LogP contribution is -2.49. The van der Waals surface area contributed by atoms with E-state index in [1.807, 2.05) is 24.3 Å². The van der Waals surface area contributed by atoms with Gasteiger partial charge in [-0.05, 0) is 24.3 Å². The molecule has 2 aromatic carbocycles. The Morgan fingerprint density at radius 2 is 1.50 bits per heavy atom. The van der Waals surface area contributed by atoms with Gasteiger partial charge in [0.2, 0.25) is 0 Å². The van der Waals surface area contributed by atoms with E-state index in [1.165, 1.54) is 0 Å². The Kier molecular flexibility index (Phi) is 6.76. The number of benzene rings is 2. The van der Waals surface area contributed by atoms with Gasteiger partial charge in [0.05, 0.1) is 10.9 Å². The molecule has 0 spiro atoms. The monoisotopic (exact) mass is 448 g/mol. The van der Waals surface area contributed by atoms with Crippen molar-refractivity contribution < 1.29 is 27.9 Å². The smallest absolute Gasteiger partial charge is 0.475 e. The zero-order valence-corrected chi connectivity index (χ0v) is 16.7. The zero-order valence-electron chi connectivity index (χ0n) is 16.7. The molecule has 168 valence electrons. The van der Waals surface area contributed by atoms with Crippen molar-refractivity contribution in [2.45, 2.75) is 6.18 Å². The van der Waals surface area contributed by atoms with Gasteiger partial charge in [-0.2, -0.15) is 13.2 Å². The number of aromatic amines is 1. The molecule has 32 heavy (non-hydrogen) atoms. The number of carbonyl (C=O) groups is 2. The Balaban J connectivity index is 0.000000360. The summed E-state index contributed by atoms with van der Waals surface area (Å²) >= 11 is 0. The number of hydrogen-bond acceptors (Lipinski definition) is 5. The van der Waals surface area contributed by atoms with Crippen molar-refractivity contribution in [3.05, 3.63) is 70.8 Å². The second kappa shape index (κ2) is 9.50. The molecule has 1 aromatic heterocycles. The third kappa shape index (κ3) is 5.42. The van der Waals surface area contributed by atoms with Crippen LogP contribution in [0.5, 0.6) is 0 Å². The van der Waals surface area contributed by atoms with E-state index in [0.717, 1.165) is 18.8 Å². The maximum absolute atomic E-state index is 12.7. The van der Waals surface area contributed by atoms with Gasteiger partial charge in [0.15, 0.2) is 5.82 Å². The molecule has 2 N–H and O–H groups in total. The summed E-state index contributed by atoms with van der Waals surface area (Å²) in [5.41, 5.74) is 1.42. The number of aliphatic carboxylic acids is 1. The number of alkyl halides is 3. The fourth-order valence-corrected chi connectivity index (χ4v) is 3.14. The van der Waals surface area contributed by atoms with Crippen molar-refractivity contribution >= 4 is 28.5 Å². The molecule has 11 heteroatoms. The van der Waals surface area contributed by atoms with Crippen LogP contribution in [0.4, 0.5) is 18.9 Å². The standard InChI is InChI=1S/C19H18N4O2.C2HF3O2/c24-18-15-8-4-5-9-16(15)20-17(21-18)19(25)23-12-10-22(11-13-23)14-6-2-1-3-7-14;3-2(4,5)1(6)7/h1-9H,10-13H2,(H,20,21,24);(H,6,7). The van der Waals surface area contributed by atoms with E-state index in [9.17, 15) is 22.8 Å². The van der Waals surface area contributed by atoms with Crippen LogP contribution in [-0.4, -0.2) is 64.2 Å². The van der Waals surface area contributed by atoms with Gasteiger partial charge in [-0.25, -0.2) is 9.78 Å². The number of piperazine rings is 1. The molecule has 1 saturated heterocycles. The van der Waals surface area contributed by atoms with Crippen molar-refractivity contribution in [1.82, 2.24) is 14.9 Å². The molecule has 1 aliphatic heterocycles. The summed E-state index contributed by atoms with van der Waals surface area (Å²) < 4.78 is 31.7. The highest BCUT2D eigenvalue weighted by Crippen LogP contribution is 2.16. The van der Waals surface area contributed by atoms with Crippen LogP contribution in [0, 0.1) is 0 Å². The van der Waals surface area contributed by atoms with Crippen LogP contribution in [0.1, 0.15) is 10.6 Å². The predicted molar refractivity (Wildman–Crippen MR) is 111 cm³/mol. The normalized spacial score (nSPS) is 14.0. The Bertz CT molecular complexity index is 1160. The van der Waals surface area contributed by atoms with Crippen LogP contribution >= 0.6 is 0 Å². The fourth-order valence-electron chi connectivity index (χ4n) is 3.14. The van der Waals surface area contributed by atoms with E-state index in [2.05, 4.69) is 27.0 Å². The van der Waals surface area contributed by atoms with Gasteiger partial charge in [-0.3, -0.25) is 9.59 Å². The van der Waals surface area contributed by atoms with Crippen LogP contribution in [-0.2, 0) is 4.79 Å². The third-order valence-electron chi connectivity index (χ3n) is 4.75. The van der Waals surface area contributed by atoms with Gasteiger partial charge in [0, 0.05) is 31.9 Å². The van der Waals surface area contributed by atoms with Gasteiger partial charge in [-0.15, -0.1) is 0 Å². The highest BCUT2D eigenvalue weighted by Gasteiger charge is 2.38. The number of rotatable bonds is 2. The number of carboxylic acids is 1.